The number of carbonyl (C=O) groups excluding carboxylic acids is 3. The lowest BCUT2D eigenvalue weighted by atomic mass is 9.73. The third-order valence-corrected chi connectivity index (χ3v) is 6.29. The first-order valence-corrected chi connectivity index (χ1v) is 9.93. The minimum atomic E-state index is -2.86. The van der Waals surface area contributed by atoms with E-state index in [1.165, 1.54) is 0 Å². The van der Waals surface area contributed by atoms with Crippen molar-refractivity contribution < 1.29 is 27.9 Å². The lowest BCUT2D eigenvalue weighted by Gasteiger charge is -2.47. The molecule has 162 valence electrons. The standard InChI is InChI=1S/C19H25F2N3O4.ClH/c20-19(21)9-12-1-2-14(19)15(23-12)17(26)24-13(7-10-3-5-22-16(10)25)8-11-4-6-28-18(11)27;/h8,10,12-15,23H,1-7,9H2,(H,22,25)(H,24,26);1H/b11-8+;/t10-,12-,13-,14-,15-;/m0./s1. The van der Waals surface area contributed by atoms with Crippen LogP contribution in [0, 0.1) is 11.8 Å². The van der Waals surface area contributed by atoms with Gasteiger partial charge in [-0.3, -0.25) is 9.59 Å². The molecule has 4 aliphatic heterocycles. The molecule has 3 N–H and O–H groups in total. The van der Waals surface area contributed by atoms with Crippen LogP contribution in [0.3, 0.4) is 0 Å². The van der Waals surface area contributed by atoms with Crippen molar-refractivity contribution in [2.75, 3.05) is 13.2 Å². The van der Waals surface area contributed by atoms with Crippen LogP contribution in [0.5, 0.6) is 0 Å². The van der Waals surface area contributed by atoms with Gasteiger partial charge in [0.2, 0.25) is 11.8 Å². The zero-order valence-electron chi connectivity index (χ0n) is 15.9. The molecule has 0 aromatic rings. The van der Waals surface area contributed by atoms with Crippen LogP contribution < -0.4 is 16.0 Å². The van der Waals surface area contributed by atoms with E-state index in [4.69, 9.17) is 4.74 Å². The largest absolute Gasteiger partial charge is 0.462 e. The second kappa shape index (κ2) is 8.55. The minimum Gasteiger partial charge on any atom is -0.462 e. The first-order chi connectivity index (χ1) is 13.3. The zero-order valence-corrected chi connectivity index (χ0v) is 16.7. The Morgan fingerprint density at radius 1 is 1.31 bits per heavy atom. The number of hydrogen-bond donors (Lipinski definition) is 3. The Balaban J connectivity index is 0.00000240. The fraction of sp³-hybridized carbons (Fsp3) is 0.737. The van der Waals surface area contributed by atoms with Gasteiger partial charge >= 0.3 is 5.97 Å². The van der Waals surface area contributed by atoms with Crippen molar-refractivity contribution in [2.24, 2.45) is 11.8 Å². The smallest absolute Gasteiger partial charge is 0.333 e. The monoisotopic (exact) mass is 433 g/mol. The van der Waals surface area contributed by atoms with Crippen molar-refractivity contribution in [2.45, 2.75) is 62.6 Å². The molecule has 5 aliphatic rings. The van der Waals surface area contributed by atoms with E-state index < -0.39 is 35.8 Å². The minimum absolute atomic E-state index is 0. The van der Waals surface area contributed by atoms with Gasteiger partial charge in [0.1, 0.15) is 0 Å². The van der Waals surface area contributed by atoms with Gasteiger partial charge in [0.05, 0.1) is 12.6 Å². The van der Waals surface area contributed by atoms with Crippen molar-refractivity contribution >= 4 is 30.2 Å². The number of amides is 2. The molecule has 2 bridgehead atoms. The van der Waals surface area contributed by atoms with Crippen LogP contribution >= 0.6 is 12.4 Å². The van der Waals surface area contributed by atoms with Crippen molar-refractivity contribution in [1.29, 1.82) is 0 Å². The highest BCUT2D eigenvalue weighted by molar-refractivity contribution is 5.90. The molecule has 0 radical (unpaired) electrons. The SMILES string of the molecule is Cl.O=C1OCC/C1=C\[C@H](C[C@@H]1CCNC1=O)NC(=O)[C@H]1N[C@H]2CC[C@@H]1C(F)(F)C2. The Labute approximate surface area is 173 Å². The number of cyclic esters (lactones) is 1. The van der Waals surface area contributed by atoms with Crippen LogP contribution in [0.2, 0.25) is 0 Å². The second-order valence-corrected chi connectivity index (χ2v) is 8.20. The Kier molecular flexibility index (Phi) is 6.48. The van der Waals surface area contributed by atoms with Gasteiger partial charge in [0, 0.05) is 48.9 Å². The van der Waals surface area contributed by atoms with Crippen molar-refractivity contribution in [1.82, 2.24) is 16.0 Å². The summed E-state index contributed by atoms with van der Waals surface area (Å²) in [5.41, 5.74) is 0.451. The van der Waals surface area contributed by atoms with E-state index in [-0.39, 0.29) is 43.3 Å². The second-order valence-electron chi connectivity index (χ2n) is 8.20. The molecule has 1 aliphatic carbocycles. The number of halogens is 3. The van der Waals surface area contributed by atoms with Gasteiger partial charge in [0.25, 0.3) is 5.92 Å². The van der Waals surface area contributed by atoms with Gasteiger partial charge in [-0.2, -0.15) is 0 Å². The van der Waals surface area contributed by atoms with Gasteiger partial charge in [-0.25, -0.2) is 13.6 Å². The third kappa shape index (κ3) is 4.55. The van der Waals surface area contributed by atoms with Crippen molar-refractivity contribution in [3.63, 3.8) is 0 Å². The molecular formula is C19H26ClF2N3O4. The fourth-order valence-corrected chi connectivity index (χ4v) is 4.82. The molecule has 0 aromatic heterocycles. The molecule has 29 heavy (non-hydrogen) atoms. The molecule has 0 unspecified atom stereocenters. The summed E-state index contributed by atoms with van der Waals surface area (Å²) in [5.74, 6) is -5.19. The Morgan fingerprint density at radius 3 is 2.69 bits per heavy atom. The molecule has 5 atom stereocenters. The number of esters is 1. The maximum atomic E-state index is 14.3. The summed E-state index contributed by atoms with van der Waals surface area (Å²) in [6.45, 7) is 0.859. The number of fused-ring (bicyclic) bond motifs is 3. The van der Waals surface area contributed by atoms with E-state index in [0.29, 0.717) is 44.2 Å². The summed E-state index contributed by atoms with van der Waals surface area (Å²) >= 11 is 0. The number of carbonyl (C=O) groups is 3. The maximum absolute atomic E-state index is 14.3. The van der Waals surface area contributed by atoms with Crippen molar-refractivity contribution in [3.05, 3.63) is 11.6 Å². The highest BCUT2D eigenvalue weighted by Crippen LogP contribution is 2.44. The molecular weight excluding hydrogens is 408 g/mol. The Hall–Kier alpha value is -1.74. The molecule has 0 aromatic carbocycles. The van der Waals surface area contributed by atoms with Crippen LogP contribution in [0.25, 0.3) is 0 Å². The van der Waals surface area contributed by atoms with E-state index in [1.807, 2.05) is 0 Å². The van der Waals surface area contributed by atoms with Gasteiger partial charge < -0.3 is 20.7 Å². The summed E-state index contributed by atoms with van der Waals surface area (Å²) in [6, 6.07) is -1.91. The van der Waals surface area contributed by atoms with Crippen LogP contribution in [-0.4, -0.2) is 55.0 Å². The number of ether oxygens (including phenoxy) is 1. The summed E-state index contributed by atoms with van der Waals surface area (Å²) in [5, 5.41) is 8.59. The van der Waals surface area contributed by atoms with Crippen molar-refractivity contribution in [3.8, 4) is 0 Å². The van der Waals surface area contributed by atoms with E-state index in [1.54, 1.807) is 6.08 Å². The number of piperidine rings is 2. The fourth-order valence-electron chi connectivity index (χ4n) is 4.82. The highest BCUT2D eigenvalue weighted by atomic mass is 35.5. The quantitative estimate of drug-likeness (QED) is 0.445. The normalized spacial score (nSPS) is 35.0. The predicted molar refractivity (Wildman–Crippen MR) is 102 cm³/mol. The third-order valence-electron chi connectivity index (χ3n) is 6.29. The van der Waals surface area contributed by atoms with Gasteiger partial charge in [-0.1, -0.05) is 6.08 Å². The van der Waals surface area contributed by atoms with Gasteiger partial charge in [-0.15, -0.1) is 12.4 Å². The van der Waals surface area contributed by atoms with Crippen LogP contribution in [-0.2, 0) is 19.1 Å². The lowest BCUT2D eigenvalue weighted by molar-refractivity contribution is -0.154. The molecule has 2 amide bonds. The summed E-state index contributed by atoms with van der Waals surface area (Å²) in [7, 11) is 0. The number of rotatable bonds is 5. The maximum Gasteiger partial charge on any atom is 0.333 e. The molecule has 10 heteroatoms. The highest BCUT2D eigenvalue weighted by Gasteiger charge is 2.55. The lowest BCUT2D eigenvalue weighted by Crippen LogP contribution is -2.66. The van der Waals surface area contributed by atoms with Crippen LogP contribution in [0.1, 0.15) is 38.5 Å². The number of alkyl halides is 2. The summed E-state index contributed by atoms with van der Waals surface area (Å²) in [4.78, 5) is 36.6. The zero-order chi connectivity index (χ0) is 19.9. The van der Waals surface area contributed by atoms with E-state index >= 15 is 0 Å². The first-order valence-electron chi connectivity index (χ1n) is 9.93. The average Bonchev–Trinajstić information content (AvgIpc) is 3.22. The molecule has 4 heterocycles. The average molecular weight is 434 g/mol. The first kappa shape index (κ1) is 22.0. The summed E-state index contributed by atoms with van der Waals surface area (Å²) in [6.07, 6.45) is 3.75. The molecule has 5 fully saturated rings. The summed E-state index contributed by atoms with van der Waals surface area (Å²) < 4.78 is 33.5. The number of hydrogen-bond acceptors (Lipinski definition) is 5. The molecule has 4 saturated heterocycles. The van der Waals surface area contributed by atoms with E-state index in [0.717, 1.165) is 0 Å². The van der Waals surface area contributed by atoms with E-state index in [2.05, 4.69) is 16.0 Å². The van der Waals surface area contributed by atoms with Crippen LogP contribution in [0.4, 0.5) is 8.78 Å². The van der Waals surface area contributed by atoms with Gasteiger partial charge in [0.15, 0.2) is 0 Å². The molecule has 5 rings (SSSR count). The predicted octanol–water partition coefficient (Wildman–Crippen LogP) is 1.07. The Bertz CT molecular complexity index is 718. The number of nitrogens with one attached hydrogen (secondary N) is 3. The Morgan fingerprint density at radius 2 is 2.10 bits per heavy atom. The molecule has 7 nitrogen and oxygen atoms in total. The molecule has 0 spiro atoms. The topological polar surface area (TPSA) is 96.5 Å². The van der Waals surface area contributed by atoms with Gasteiger partial charge in [-0.05, 0) is 25.7 Å². The van der Waals surface area contributed by atoms with E-state index in [9.17, 15) is 23.2 Å². The molecule has 1 saturated carbocycles. The van der Waals surface area contributed by atoms with Crippen LogP contribution in [0.15, 0.2) is 11.6 Å².